The molecule has 0 atom stereocenters. The maximum atomic E-state index is 11.6. The van der Waals surface area contributed by atoms with Crippen molar-refractivity contribution in [1.82, 2.24) is 7.62 Å². The summed E-state index contributed by atoms with van der Waals surface area (Å²) in [6.45, 7) is 0.742. The third kappa shape index (κ3) is 2.37. The van der Waals surface area contributed by atoms with Crippen molar-refractivity contribution in [2.24, 2.45) is 0 Å². The van der Waals surface area contributed by atoms with Crippen LogP contribution in [0.4, 0.5) is 0 Å². The van der Waals surface area contributed by atoms with E-state index in [9.17, 15) is 13.2 Å². The molecule has 0 aromatic carbocycles. The molecule has 18 heavy (non-hydrogen) atoms. The number of nitrogens with zero attached hydrogens (tertiary/aromatic N) is 2. The zero-order valence-corrected chi connectivity index (χ0v) is 14.2. The van der Waals surface area contributed by atoms with Crippen LogP contribution < -0.4 is 0 Å². The van der Waals surface area contributed by atoms with Crippen molar-refractivity contribution < 1.29 is 35.7 Å². The monoisotopic (exact) mass is 322 g/mol. The van der Waals surface area contributed by atoms with Gasteiger partial charge in [-0.1, -0.05) is 0 Å². The fourth-order valence-corrected chi connectivity index (χ4v) is 5.77. The van der Waals surface area contributed by atoms with Gasteiger partial charge in [-0.2, -0.15) is 0 Å². The summed E-state index contributed by atoms with van der Waals surface area (Å²) in [5.41, 5.74) is 4.23. The first-order valence-corrected chi connectivity index (χ1v) is 11.9. The molecule has 0 radical (unpaired) electrons. The van der Waals surface area contributed by atoms with Gasteiger partial charge in [0.1, 0.15) is 0 Å². The number of sulfonamides is 1. The summed E-state index contributed by atoms with van der Waals surface area (Å²) in [4.78, 5) is 11.2. The minimum atomic E-state index is -3.21. The van der Waals surface area contributed by atoms with E-state index in [2.05, 4.69) is 0 Å². The van der Waals surface area contributed by atoms with Crippen molar-refractivity contribution in [3.8, 4) is 0 Å². The van der Waals surface area contributed by atoms with Crippen LogP contribution in [-0.4, -0.2) is 39.9 Å². The van der Waals surface area contributed by atoms with Crippen LogP contribution in [0.1, 0.15) is 21.7 Å². The van der Waals surface area contributed by atoms with Crippen LogP contribution in [0.25, 0.3) is 0 Å². The van der Waals surface area contributed by atoms with Crippen LogP contribution in [-0.2, 0) is 40.4 Å². The Kier molecular flexibility index (Phi) is 3.62. The molecule has 96 valence electrons. The summed E-state index contributed by atoms with van der Waals surface area (Å²) in [6, 6.07) is 1.70. The van der Waals surface area contributed by atoms with Crippen LogP contribution >= 0.6 is 0 Å². The van der Waals surface area contributed by atoms with E-state index in [4.69, 9.17) is 5.11 Å². The molecule has 1 N–H and O–H groups in total. The number of hydrogen-bond donors (Lipinski definition) is 1. The summed E-state index contributed by atoms with van der Waals surface area (Å²) in [5.74, 6) is -0.928. The third-order valence-electron chi connectivity index (χ3n) is 3.26. The Morgan fingerprint density at radius 1 is 1.50 bits per heavy atom. The molecule has 0 fully saturated rings. The fraction of sp³-hybridized carbons (Fsp3) is 0.500. The Bertz CT molecular complexity index is 593. The van der Waals surface area contributed by atoms with Gasteiger partial charge in [0, 0.05) is 0 Å². The second kappa shape index (κ2) is 4.75. The number of carboxylic acids is 1. The maximum absolute atomic E-state index is 11.6. The second-order valence-corrected chi connectivity index (χ2v) is 9.03. The number of aromatic carboxylic acids is 1. The first-order chi connectivity index (χ1) is 8.34. The molecule has 1 aromatic rings. The first-order valence-electron chi connectivity index (χ1n) is 5.74. The van der Waals surface area contributed by atoms with Gasteiger partial charge in [-0.3, -0.25) is 0 Å². The Morgan fingerprint density at radius 3 is 2.67 bits per heavy atom. The summed E-state index contributed by atoms with van der Waals surface area (Å²) < 4.78 is 26.4. The van der Waals surface area contributed by atoms with Gasteiger partial charge >= 0.3 is 114 Å². The molecule has 0 unspecified atom stereocenters. The van der Waals surface area contributed by atoms with Crippen LogP contribution in [0, 0.1) is 0 Å². The van der Waals surface area contributed by atoms with Gasteiger partial charge in [0.2, 0.25) is 0 Å². The minimum absolute atomic E-state index is 0.306. The van der Waals surface area contributed by atoms with Gasteiger partial charge in [-0.05, 0) is 0 Å². The summed E-state index contributed by atoms with van der Waals surface area (Å²) >= 11 is -1.16. The summed E-state index contributed by atoms with van der Waals surface area (Å²) in [5, 5.41) is 9.15. The van der Waals surface area contributed by atoms with Crippen LogP contribution in [0.15, 0.2) is 6.07 Å². The Balaban J connectivity index is 2.46. The Labute approximate surface area is 113 Å². The standard InChI is InChI=1S/C9H11N2O4S.CH3.Zn/c1-16(14,15)11-3-2-6-4-7(9(12)13)10-8(6)5-11;;/h4H,2-3,5H2,1H3,(H,12,13);1H3;/q-1;;+1. The molecule has 0 saturated heterocycles. The molecule has 0 amide bonds. The number of fused-ring (bicyclic) bond motifs is 1. The first kappa shape index (κ1) is 13.7. The molecule has 6 nitrogen and oxygen atoms in total. The number of aromatic nitrogens is 1. The van der Waals surface area contributed by atoms with Crippen molar-refractivity contribution in [1.29, 1.82) is 0 Å². The molecule has 1 aromatic heterocycles. The third-order valence-corrected chi connectivity index (χ3v) is 7.35. The molecule has 0 aliphatic carbocycles. The van der Waals surface area contributed by atoms with E-state index >= 15 is 0 Å². The topological polar surface area (TPSA) is 79.6 Å². The van der Waals surface area contributed by atoms with Crippen molar-refractivity contribution in [2.75, 3.05) is 12.8 Å². The van der Waals surface area contributed by atoms with Gasteiger partial charge in [0.15, 0.2) is 0 Å². The number of hydrogen-bond acceptors (Lipinski definition) is 3. The van der Waals surface area contributed by atoms with Crippen LogP contribution in [0.2, 0.25) is 5.52 Å². The van der Waals surface area contributed by atoms with E-state index in [1.807, 2.05) is 8.83 Å². The number of rotatable bonds is 3. The zero-order valence-electron chi connectivity index (χ0n) is 10.4. The van der Waals surface area contributed by atoms with E-state index in [0.29, 0.717) is 25.2 Å². The zero-order chi connectivity index (χ0) is 13.5. The van der Waals surface area contributed by atoms with Crippen molar-refractivity contribution in [2.45, 2.75) is 18.5 Å². The average molecular weight is 324 g/mol. The summed E-state index contributed by atoms with van der Waals surface area (Å²) in [6.07, 6.45) is 1.79. The quantitative estimate of drug-likeness (QED) is 0.817. The fourth-order valence-electron chi connectivity index (χ4n) is 2.36. The van der Waals surface area contributed by atoms with Crippen LogP contribution in [0.5, 0.6) is 0 Å². The molecular formula is C10H14N2O4SZn. The van der Waals surface area contributed by atoms with E-state index in [0.717, 1.165) is 11.3 Å². The van der Waals surface area contributed by atoms with Gasteiger partial charge in [0.05, 0.1) is 0 Å². The van der Waals surface area contributed by atoms with E-state index in [1.165, 1.54) is 10.6 Å². The molecule has 2 rings (SSSR count). The van der Waals surface area contributed by atoms with E-state index in [-0.39, 0.29) is 0 Å². The normalized spacial score (nSPS) is 16.1. The molecule has 2 heterocycles. The summed E-state index contributed by atoms with van der Waals surface area (Å²) in [7, 11) is -3.21. The average Bonchev–Trinajstić information content (AvgIpc) is 2.65. The van der Waals surface area contributed by atoms with E-state index in [1.54, 1.807) is 6.07 Å². The molecule has 8 heteroatoms. The Hall–Kier alpha value is -0.717. The predicted octanol–water partition coefficient (Wildman–Crippen LogP) is 0.398. The van der Waals surface area contributed by atoms with Crippen molar-refractivity contribution in [3.63, 3.8) is 0 Å². The predicted molar refractivity (Wildman–Crippen MR) is 61.6 cm³/mol. The van der Waals surface area contributed by atoms with Gasteiger partial charge in [0.25, 0.3) is 0 Å². The SMILES string of the molecule is [CH3][Zn][n]1c(C(=O)O)cc2c1CN(S(C)(=O)=O)CC2. The van der Waals surface area contributed by atoms with Gasteiger partial charge in [-0.15, -0.1) is 0 Å². The van der Waals surface area contributed by atoms with Crippen LogP contribution in [0.3, 0.4) is 0 Å². The molecule has 0 spiro atoms. The number of carboxylic acid groups (broad SMARTS) is 1. The second-order valence-electron chi connectivity index (χ2n) is 4.40. The Morgan fingerprint density at radius 2 is 2.17 bits per heavy atom. The van der Waals surface area contributed by atoms with Gasteiger partial charge < -0.3 is 0 Å². The molecule has 0 saturated carbocycles. The number of carbonyl (C=O) groups is 1. The molecular weight excluding hydrogens is 310 g/mol. The van der Waals surface area contributed by atoms with Crippen molar-refractivity contribution >= 4 is 16.0 Å². The van der Waals surface area contributed by atoms with Crippen molar-refractivity contribution in [3.05, 3.63) is 23.0 Å². The molecule has 1 aliphatic rings. The molecule has 1 aliphatic heterocycles. The van der Waals surface area contributed by atoms with Gasteiger partial charge in [-0.25, -0.2) is 0 Å². The van der Waals surface area contributed by atoms with E-state index < -0.39 is 33.4 Å². The molecule has 0 bridgehead atoms.